The maximum atomic E-state index is 11.9. The quantitative estimate of drug-likeness (QED) is 0.595. The highest BCUT2D eigenvalue weighted by atomic mass is 16.5. The minimum atomic E-state index is -0.115. The molecule has 1 heterocycles. The second kappa shape index (κ2) is 6.14. The third-order valence-corrected chi connectivity index (χ3v) is 5.99. The zero-order valence-electron chi connectivity index (χ0n) is 14.8. The van der Waals surface area contributed by atoms with E-state index in [4.69, 9.17) is 4.74 Å². The first-order valence-corrected chi connectivity index (χ1v) is 8.72. The summed E-state index contributed by atoms with van der Waals surface area (Å²) in [4.78, 5) is 11.9. The van der Waals surface area contributed by atoms with Crippen LogP contribution in [0.3, 0.4) is 0 Å². The van der Waals surface area contributed by atoms with Crippen LogP contribution in [0.25, 0.3) is 0 Å². The number of hydrogen-bond donors (Lipinski definition) is 0. The molecule has 4 heteroatoms. The summed E-state index contributed by atoms with van der Waals surface area (Å²) >= 11 is 0. The van der Waals surface area contributed by atoms with Gasteiger partial charge in [-0.25, -0.2) is 0 Å². The van der Waals surface area contributed by atoms with Crippen molar-refractivity contribution in [2.45, 2.75) is 52.9 Å². The number of carbonyl (C=O) groups excluding carboxylic acids is 1. The van der Waals surface area contributed by atoms with Crippen molar-refractivity contribution in [2.24, 2.45) is 24.3 Å². The number of fused-ring (bicyclic) bond motifs is 1. The molecule has 0 aliphatic heterocycles. The van der Waals surface area contributed by atoms with Crippen LogP contribution in [0.2, 0.25) is 0 Å². The second-order valence-corrected chi connectivity index (χ2v) is 7.69. The van der Waals surface area contributed by atoms with E-state index < -0.39 is 0 Å². The van der Waals surface area contributed by atoms with E-state index in [2.05, 4.69) is 25.0 Å². The summed E-state index contributed by atoms with van der Waals surface area (Å²) in [5, 5.41) is 4.37. The largest absolute Gasteiger partial charge is 0.465 e. The van der Waals surface area contributed by atoms with E-state index >= 15 is 0 Å². The van der Waals surface area contributed by atoms with Gasteiger partial charge >= 0.3 is 5.97 Å². The second-order valence-electron chi connectivity index (χ2n) is 7.69. The van der Waals surface area contributed by atoms with Crippen molar-refractivity contribution in [2.75, 3.05) is 6.61 Å². The molecule has 2 bridgehead atoms. The van der Waals surface area contributed by atoms with Crippen molar-refractivity contribution < 1.29 is 9.53 Å². The molecule has 0 aromatic carbocycles. The summed E-state index contributed by atoms with van der Waals surface area (Å²) < 4.78 is 7.26. The SMILES string of the molecule is Cc1cc(CCC(=O)OCCC2=CC[C@H]3C[C@@H]2C3(C)C)nn1C. The molecular weight excluding hydrogens is 288 g/mol. The highest BCUT2D eigenvalue weighted by Gasteiger charge is 2.50. The van der Waals surface area contributed by atoms with Gasteiger partial charge < -0.3 is 4.74 Å². The first-order chi connectivity index (χ1) is 10.9. The predicted molar refractivity (Wildman–Crippen MR) is 89.9 cm³/mol. The zero-order chi connectivity index (χ0) is 16.6. The summed E-state index contributed by atoms with van der Waals surface area (Å²) in [5.74, 6) is 1.45. The van der Waals surface area contributed by atoms with Crippen LogP contribution in [0.4, 0.5) is 0 Å². The highest BCUT2D eigenvalue weighted by Crippen LogP contribution is 2.59. The summed E-state index contributed by atoms with van der Waals surface area (Å²) in [7, 11) is 1.92. The van der Waals surface area contributed by atoms with E-state index in [-0.39, 0.29) is 5.97 Å². The van der Waals surface area contributed by atoms with Crippen LogP contribution in [0.5, 0.6) is 0 Å². The molecule has 1 fully saturated rings. The summed E-state index contributed by atoms with van der Waals surface area (Å²) in [5.41, 5.74) is 4.02. The number of aryl methyl sites for hydroxylation is 3. The highest BCUT2D eigenvalue weighted by molar-refractivity contribution is 5.69. The van der Waals surface area contributed by atoms with Gasteiger partial charge in [0.15, 0.2) is 0 Å². The fraction of sp³-hybridized carbons (Fsp3) is 0.684. The third-order valence-electron chi connectivity index (χ3n) is 5.99. The van der Waals surface area contributed by atoms with Gasteiger partial charge in [-0.3, -0.25) is 9.48 Å². The third kappa shape index (κ3) is 3.22. The molecule has 2 atom stereocenters. The average molecular weight is 316 g/mol. The Morgan fingerprint density at radius 3 is 2.83 bits per heavy atom. The van der Waals surface area contributed by atoms with Gasteiger partial charge in [-0.1, -0.05) is 25.5 Å². The lowest BCUT2D eigenvalue weighted by atomic mass is 9.48. The Morgan fingerprint density at radius 1 is 1.43 bits per heavy atom. The van der Waals surface area contributed by atoms with Gasteiger partial charge in [-0.15, -0.1) is 0 Å². The van der Waals surface area contributed by atoms with Crippen LogP contribution in [0, 0.1) is 24.2 Å². The van der Waals surface area contributed by atoms with Crippen molar-refractivity contribution in [3.05, 3.63) is 29.1 Å². The maximum absolute atomic E-state index is 11.9. The summed E-state index contributed by atoms with van der Waals surface area (Å²) in [6.07, 6.45) is 6.87. The van der Waals surface area contributed by atoms with E-state index in [1.807, 2.05) is 24.7 Å². The molecule has 3 aliphatic carbocycles. The first kappa shape index (κ1) is 16.3. The van der Waals surface area contributed by atoms with Crippen LogP contribution >= 0.6 is 0 Å². The fourth-order valence-electron chi connectivity index (χ4n) is 4.10. The molecule has 3 aliphatic rings. The topological polar surface area (TPSA) is 44.1 Å². The minimum absolute atomic E-state index is 0.115. The lowest BCUT2D eigenvalue weighted by Gasteiger charge is -2.56. The van der Waals surface area contributed by atoms with E-state index in [1.165, 1.54) is 18.4 Å². The molecule has 0 saturated heterocycles. The van der Waals surface area contributed by atoms with Crippen molar-refractivity contribution in [1.82, 2.24) is 9.78 Å². The molecule has 1 aromatic heterocycles. The monoisotopic (exact) mass is 316 g/mol. The Bertz CT molecular complexity index is 608. The number of rotatable bonds is 6. The first-order valence-electron chi connectivity index (χ1n) is 8.72. The number of allylic oxidation sites excluding steroid dienone is 1. The minimum Gasteiger partial charge on any atom is -0.465 e. The molecular formula is C19H28N2O2. The molecule has 0 N–H and O–H groups in total. The molecule has 0 unspecified atom stereocenters. The van der Waals surface area contributed by atoms with Crippen LogP contribution in [-0.4, -0.2) is 22.4 Å². The normalized spacial score (nSPS) is 24.8. The molecule has 0 amide bonds. The molecule has 4 rings (SSSR count). The van der Waals surface area contributed by atoms with Gasteiger partial charge in [0.25, 0.3) is 0 Å². The van der Waals surface area contributed by atoms with Crippen LogP contribution in [-0.2, 0) is 23.0 Å². The maximum Gasteiger partial charge on any atom is 0.306 e. The molecule has 0 radical (unpaired) electrons. The van der Waals surface area contributed by atoms with Crippen LogP contribution < -0.4 is 0 Å². The fourth-order valence-corrected chi connectivity index (χ4v) is 4.10. The Balaban J connectivity index is 1.39. The molecule has 1 saturated carbocycles. The zero-order valence-corrected chi connectivity index (χ0v) is 14.8. The van der Waals surface area contributed by atoms with Crippen LogP contribution in [0.15, 0.2) is 17.7 Å². The number of nitrogens with zero attached hydrogens (tertiary/aromatic N) is 2. The van der Waals surface area contributed by atoms with Crippen molar-refractivity contribution >= 4 is 5.97 Å². The predicted octanol–water partition coefficient (Wildman–Crippen LogP) is 3.59. The van der Waals surface area contributed by atoms with Crippen molar-refractivity contribution in [1.29, 1.82) is 0 Å². The molecule has 1 aromatic rings. The Hall–Kier alpha value is -1.58. The van der Waals surface area contributed by atoms with Crippen molar-refractivity contribution in [3.8, 4) is 0 Å². The Morgan fingerprint density at radius 2 is 2.22 bits per heavy atom. The Kier molecular flexibility index (Phi) is 4.35. The van der Waals surface area contributed by atoms with Gasteiger partial charge in [0.2, 0.25) is 0 Å². The Labute approximate surface area is 138 Å². The van der Waals surface area contributed by atoms with Gasteiger partial charge in [-0.2, -0.15) is 5.10 Å². The average Bonchev–Trinajstić information content (AvgIpc) is 2.84. The van der Waals surface area contributed by atoms with E-state index in [0.29, 0.717) is 30.8 Å². The number of ether oxygens (including phenoxy) is 1. The number of aromatic nitrogens is 2. The molecule has 4 nitrogen and oxygen atoms in total. The number of esters is 1. The number of carbonyl (C=O) groups is 1. The van der Waals surface area contributed by atoms with E-state index in [9.17, 15) is 4.79 Å². The molecule has 0 spiro atoms. The smallest absolute Gasteiger partial charge is 0.306 e. The summed E-state index contributed by atoms with van der Waals surface area (Å²) in [6.45, 7) is 7.28. The molecule has 23 heavy (non-hydrogen) atoms. The lowest BCUT2D eigenvalue weighted by molar-refractivity contribution is -0.143. The van der Waals surface area contributed by atoms with Crippen LogP contribution in [0.1, 0.15) is 50.9 Å². The summed E-state index contributed by atoms with van der Waals surface area (Å²) in [6, 6.07) is 2.02. The van der Waals surface area contributed by atoms with Gasteiger partial charge in [-0.05, 0) is 43.1 Å². The van der Waals surface area contributed by atoms with Gasteiger partial charge in [0.05, 0.1) is 18.7 Å². The van der Waals surface area contributed by atoms with Gasteiger partial charge in [0.1, 0.15) is 0 Å². The van der Waals surface area contributed by atoms with E-state index in [1.54, 1.807) is 0 Å². The molecule has 126 valence electrons. The standard InChI is InChI=1S/C19H28N2O2/c1-13-11-16(20-21(13)4)7-8-18(22)23-10-9-14-5-6-15-12-17(14)19(15,2)3/h5,11,15,17H,6-10,12H2,1-4H3/t15-,17-/m0/s1. The number of hydrogen-bond acceptors (Lipinski definition) is 3. The van der Waals surface area contributed by atoms with Gasteiger partial charge in [0, 0.05) is 25.6 Å². The van der Waals surface area contributed by atoms with E-state index in [0.717, 1.165) is 23.7 Å². The lowest BCUT2D eigenvalue weighted by Crippen LogP contribution is -2.48. The van der Waals surface area contributed by atoms with Crippen molar-refractivity contribution in [3.63, 3.8) is 0 Å².